The lowest BCUT2D eigenvalue weighted by Crippen LogP contribution is -2.20. The number of hydrogen-bond donors (Lipinski definition) is 1. The van der Waals surface area contributed by atoms with Crippen molar-refractivity contribution in [3.8, 4) is 11.4 Å². The summed E-state index contributed by atoms with van der Waals surface area (Å²) in [5.74, 6) is 2.98. The molecule has 0 amide bonds. The second-order valence-corrected chi connectivity index (χ2v) is 6.38. The molecule has 0 aliphatic heterocycles. The highest BCUT2D eigenvalue weighted by atomic mass is 19.1. The molecule has 0 unspecified atom stereocenters. The van der Waals surface area contributed by atoms with Crippen molar-refractivity contribution in [3.63, 3.8) is 0 Å². The largest absolute Gasteiger partial charge is 0.337 e. The first-order chi connectivity index (χ1) is 12.1. The second kappa shape index (κ2) is 6.36. The van der Waals surface area contributed by atoms with Crippen LogP contribution in [0.2, 0.25) is 0 Å². The molecule has 1 atom stereocenters. The van der Waals surface area contributed by atoms with Crippen molar-refractivity contribution in [2.24, 2.45) is 7.05 Å². The fraction of sp³-hybridized carbons (Fsp3) is 0.412. The van der Waals surface area contributed by atoms with Gasteiger partial charge in [0, 0.05) is 18.5 Å². The third-order valence-electron chi connectivity index (χ3n) is 4.40. The van der Waals surface area contributed by atoms with Crippen molar-refractivity contribution in [1.29, 1.82) is 0 Å². The van der Waals surface area contributed by atoms with Crippen LogP contribution in [-0.2, 0) is 13.6 Å². The molecule has 130 valence electrons. The zero-order chi connectivity index (χ0) is 17.4. The topological polar surface area (TPSA) is 81.7 Å². The summed E-state index contributed by atoms with van der Waals surface area (Å²) in [4.78, 5) is 4.35. The molecule has 1 aromatic carbocycles. The fourth-order valence-corrected chi connectivity index (χ4v) is 2.71. The van der Waals surface area contributed by atoms with E-state index < -0.39 is 0 Å². The summed E-state index contributed by atoms with van der Waals surface area (Å²) < 4.78 is 20.7. The molecule has 0 bridgehead atoms. The molecule has 2 aromatic heterocycles. The summed E-state index contributed by atoms with van der Waals surface area (Å²) in [6.45, 7) is 2.48. The van der Waals surface area contributed by atoms with Crippen LogP contribution in [-0.4, -0.2) is 24.9 Å². The molecular weight excluding hydrogens is 323 g/mol. The summed E-state index contributed by atoms with van der Waals surface area (Å²) in [5.41, 5.74) is 0.588. The normalized spacial score (nSPS) is 15.5. The average molecular weight is 342 g/mol. The van der Waals surface area contributed by atoms with Gasteiger partial charge in [0.2, 0.25) is 11.7 Å². The minimum Gasteiger partial charge on any atom is -0.337 e. The molecule has 8 heteroatoms. The average Bonchev–Trinajstić information content (AvgIpc) is 3.19. The van der Waals surface area contributed by atoms with Gasteiger partial charge in [-0.05, 0) is 31.9 Å². The van der Waals surface area contributed by atoms with E-state index in [1.807, 2.05) is 18.5 Å². The Morgan fingerprint density at radius 1 is 1.36 bits per heavy atom. The Morgan fingerprint density at radius 2 is 2.20 bits per heavy atom. The standard InChI is InChI=1S/C17H19FN6O/c1-10(19-9-14-21-22-16(24(14)2)11-6-7-11)17-20-15(23-25-17)12-4-3-5-13(18)8-12/h3-5,8,10-11,19H,6-7,9H2,1-2H3/t10-/m0/s1. The lowest BCUT2D eigenvalue weighted by molar-refractivity contribution is 0.337. The maximum absolute atomic E-state index is 13.3. The predicted octanol–water partition coefficient (Wildman–Crippen LogP) is 2.73. The Bertz CT molecular complexity index is 885. The number of aromatic nitrogens is 5. The molecule has 1 aliphatic rings. The van der Waals surface area contributed by atoms with Crippen LogP contribution in [0.1, 0.15) is 49.3 Å². The summed E-state index contributed by atoms with van der Waals surface area (Å²) >= 11 is 0. The molecule has 7 nitrogen and oxygen atoms in total. The summed E-state index contributed by atoms with van der Waals surface area (Å²) in [7, 11) is 1.99. The van der Waals surface area contributed by atoms with Crippen LogP contribution in [0.25, 0.3) is 11.4 Å². The van der Waals surface area contributed by atoms with Gasteiger partial charge in [-0.1, -0.05) is 17.3 Å². The zero-order valence-electron chi connectivity index (χ0n) is 14.1. The van der Waals surface area contributed by atoms with Crippen LogP contribution in [0, 0.1) is 5.82 Å². The van der Waals surface area contributed by atoms with E-state index in [1.165, 1.54) is 25.0 Å². The fourth-order valence-electron chi connectivity index (χ4n) is 2.71. The van der Waals surface area contributed by atoms with Crippen LogP contribution in [0.5, 0.6) is 0 Å². The zero-order valence-corrected chi connectivity index (χ0v) is 14.1. The molecule has 2 heterocycles. The number of rotatable bonds is 6. The van der Waals surface area contributed by atoms with E-state index in [0.29, 0.717) is 29.7 Å². The Labute approximate surface area is 144 Å². The number of benzene rings is 1. The highest BCUT2D eigenvalue weighted by Gasteiger charge is 2.29. The van der Waals surface area contributed by atoms with E-state index in [1.54, 1.807) is 12.1 Å². The molecule has 25 heavy (non-hydrogen) atoms. The van der Waals surface area contributed by atoms with Gasteiger partial charge in [-0.15, -0.1) is 10.2 Å². The van der Waals surface area contributed by atoms with E-state index in [0.717, 1.165) is 11.6 Å². The van der Waals surface area contributed by atoms with E-state index in [4.69, 9.17) is 4.52 Å². The first kappa shape index (κ1) is 15.9. The maximum atomic E-state index is 13.3. The summed E-state index contributed by atoms with van der Waals surface area (Å²) in [6, 6.07) is 5.97. The van der Waals surface area contributed by atoms with Crippen molar-refractivity contribution in [2.75, 3.05) is 0 Å². The van der Waals surface area contributed by atoms with Gasteiger partial charge < -0.3 is 9.09 Å². The highest BCUT2D eigenvalue weighted by Crippen LogP contribution is 2.38. The van der Waals surface area contributed by atoms with Crippen LogP contribution >= 0.6 is 0 Å². The van der Waals surface area contributed by atoms with Crippen LogP contribution in [0.4, 0.5) is 4.39 Å². The van der Waals surface area contributed by atoms with Gasteiger partial charge in [0.05, 0.1) is 12.6 Å². The molecule has 1 saturated carbocycles. The molecule has 4 rings (SSSR count). The number of nitrogens with one attached hydrogen (secondary N) is 1. The predicted molar refractivity (Wildman–Crippen MR) is 87.9 cm³/mol. The first-order valence-corrected chi connectivity index (χ1v) is 8.33. The minimum atomic E-state index is -0.330. The Balaban J connectivity index is 1.42. The Morgan fingerprint density at radius 3 is 2.96 bits per heavy atom. The van der Waals surface area contributed by atoms with E-state index in [2.05, 4.69) is 25.7 Å². The quantitative estimate of drug-likeness (QED) is 0.742. The molecule has 1 aliphatic carbocycles. The third-order valence-corrected chi connectivity index (χ3v) is 4.40. The van der Waals surface area contributed by atoms with E-state index >= 15 is 0 Å². The van der Waals surface area contributed by atoms with E-state index in [-0.39, 0.29) is 11.9 Å². The van der Waals surface area contributed by atoms with Crippen molar-refractivity contribution >= 4 is 0 Å². The van der Waals surface area contributed by atoms with Gasteiger partial charge >= 0.3 is 0 Å². The van der Waals surface area contributed by atoms with Crippen molar-refractivity contribution in [3.05, 3.63) is 47.6 Å². The number of nitrogens with zero attached hydrogens (tertiary/aromatic N) is 5. The van der Waals surface area contributed by atoms with Gasteiger partial charge in [-0.2, -0.15) is 4.98 Å². The monoisotopic (exact) mass is 342 g/mol. The van der Waals surface area contributed by atoms with Gasteiger partial charge in [0.15, 0.2) is 0 Å². The van der Waals surface area contributed by atoms with Gasteiger partial charge in [0.25, 0.3) is 0 Å². The van der Waals surface area contributed by atoms with Gasteiger partial charge in [-0.25, -0.2) is 4.39 Å². The number of halogens is 1. The van der Waals surface area contributed by atoms with Crippen molar-refractivity contribution in [1.82, 2.24) is 30.2 Å². The molecule has 0 radical (unpaired) electrons. The third kappa shape index (κ3) is 3.30. The molecule has 0 saturated heterocycles. The lowest BCUT2D eigenvalue weighted by atomic mass is 10.2. The summed E-state index contributed by atoms with van der Waals surface area (Å²) in [5, 5.41) is 15.8. The molecule has 1 N–H and O–H groups in total. The highest BCUT2D eigenvalue weighted by molar-refractivity contribution is 5.53. The van der Waals surface area contributed by atoms with Crippen LogP contribution in [0.3, 0.4) is 0 Å². The SMILES string of the molecule is C[C@H](NCc1nnc(C2CC2)n1C)c1nc(-c2cccc(F)c2)no1. The van der Waals surface area contributed by atoms with E-state index in [9.17, 15) is 4.39 Å². The molecule has 3 aromatic rings. The van der Waals surface area contributed by atoms with Gasteiger partial charge in [-0.3, -0.25) is 5.32 Å². The second-order valence-electron chi connectivity index (χ2n) is 6.38. The molecule has 1 fully saturated rings. The Kier molecular flexibility index (Phi) is 4.04. The first-order valence-electron chi connectivity index (χ1n) is 8.33. The summed E-state index contributed by atoms with van der Waals surface area (Å²) in [6.07, 6.45) is 2.39. The number of hydrogen-bond acceptors (Lipinski definition) is 6. The smallest absolute Gasteiger partial charge is 0.243 e. The van der Waals surface area contributed by atoms with Crippen molar-refractivity contribution in [2.45, 2.75) is 38.3 Å². The lowest BCUT2D eigenvalue weighted by Gasteiger charge is -2.09. The minimum absolute atomic E-state index is 0.157. The maximum Gasteiger partial charge on any atom is 0.243 e. The molecule has 0 spiro atoms. The van der Waals surface area contributed by atoms with Crippen LogP contribution < -0.4 is 5.32 Å². The van der Waals surface area contributed by atoms with Crippen molar-refractivity contribution < 1.29 is 8.91 Å². The Hall–Kier alpha value is -2.61. The van der Waals surface area contributed by atoms with Gasteiger partial charge in [0.1, 0.15) is 17.5 Å². The molecular formula is C17H19FN6O. The van der Waals surface area contributed by atoms with Crippen LogP contribution in [0.15, 0.2) is 28.8 Å².